The molecule has 1 spiro atoms. The quantitative estimate of drug-likeness (QED) is 0.882. The van der Waals surface area contributed by atoms with Gasteiger partial charge in [0.2, 0.25) is 5.91 Å². The number of nitrogens with zero attached hydrogens (tertiary/aromatic N) is 2. The third kappa shape index (κ3) is 2.99. The van der Waals surface area contributed by atoms with Crippen molar-refractivity contribution < 1.29 is 14.3 Å². The number of rotatable bonds is 2. The molecule has 1 N–H and O–H groups in total. The Morgan fingerprint density at radius 2 is 2.04 bits per heavy atom. The van der Waals surface area contributed by atoms with Crippen molar-refractivity contribution in [1.82, 2.24) is 10.2 Å². The lowest BCUT2D eigenvalue weighted by Gasteiger charge is -2.40. The molecule has 0 saturated carbocycles. The predicted molar refractivity (Wildman–Crippen MR) is 94.6 cm³/mol. The maximum Gasteiger partial charge on any atom is 0.268 e. The Morgan fingerprint density at radius 1 is 1.28 bits per heavy atom. The molecule has 1 aromatic rings. The molecule has 3 aliphatic heterocycles. The lowest BCUT2D eigenvalue weighted by atomic mass is 9.78. The van der Waals surface area contributed by atoms with Gasteiger partial charge < -0.3 is 15.0 Å². The number of ether oxygens (including phenoxy) is 1. The molecular weight excluding hydrogens is 318 g/mol. The lowest BCUT2D eigenvalue weighted by molar-refractivity contribution is -0.134. The first kappa shape index (κ1) is 16.4. The number of benzene rings is 1. The van der Waals surface area contributed by atoms with Crippen molar-refractivity contribution in [3.05, 3.63) is 24.3 Å². The molecule has 134 valence electrons. The van der Waals surface area contributed by atoms with Gasteiger partial charge in [-0.2, -0.15) is 0 Å². The van der Waals surface area contributed by atoms with Gasteiger partial charge in [-0.1, -0.05) is 12.1 Å². The molecule has 2 saturated heterocycles. The second kappa shape index (κ2) is 6.33. The maximum absolute atomic E-state index is 12.8. The molecule has 1 unspecified atom stereocenters. The number of para-hydroxylation sites is 2. The van der Waals surface area contributed by atoms with Crippen LogP contribution in [0.1, 0.15) is 26.2 Å². The number of likely N-dealkylation sites (tertiary alicyclic amines) is 1. The molecule has 4 rings (SSSR count). The third-order valence-electron chi connectivity index (χ3n) is 5.88. The van der Waals surface area contributed by atoms with Crippen LogP contribution < -0.4 is 15.0 Å². The summed E-state index contributed by atoms with van der Waals surface area (Å²) in [7, 11) is 0. The summed E-state index contributed by atoms with van der Waals surface area (Å²) in [5.41, 5.74) is 1.07. The molecule has 0 radical (unpaired) electrons. The molecule has 0 bridgehead atoms. The fourth-order valence-corrected chi connectivity index (χ4v) is 4.21. The Labute approximate surface area is 148 Å². The highest BCUT2D eigenvalue weighted by Gasteiger charge is 2.39. The third-order valence-corrected chi connectivity index (χ3v) is 5.88. The minimum atomic E-state index is -0.558. The molecule has 1 aromatic carbocycles. The summed E-state index contributed by atoms with van der Waals surface area (Å²) in [5, 5.41) is 3.44. The van der Waals surface area contributed by atoms with Gasteiger partial charge in [0.15, 0.2) is 6.10 Å². The van der Waals surface area contributed by atoms with E-state index in [4.69, 9.17) is 4.74 Å². The largest absolute Gasteiger partial charge is 0.479 e. The van der Waals surface area contributed by atoms with E-state index < -0.39 is 6.10 Å². The molecule has 3 aliphatic rings. The highest BCUT2D eigenvalue weighted by atomic mass is 16.5. The fraction of sp³-hybridized carbons (Fsp3) is 0.579. The van der Waals surface area contributed by atoms with E-state index in [0.717, 1.165) is 39.0 Å². The number of piperidine rings is 1. The molecule has 1 atom stereocenters. The van der Waals surface area contributed by atoms with E-state index in [1.807, 2.05) is 29.2 Å². The maximum atomic E-state index is 12.8. The minimum absolute atomic E-state index is 0.0260. The number of carbonyl (C=O) groups is 2. The van der Waals surface area contributed by atoms with E-state index >= 15 is 0 Å². The van der Waals surface area contributed by atoms with Crippen molar-refractivity contribution in [2.24, 2.45) is 5.41 Å². The summed E-state index contributed by atoms with van der Waals surface area (Å²) in [6.07, 6.45) is 2.75. The van der Waals surface area contributed by atoms with E-state index in [9.17, 15) is 9.59 Å². The van der Waals surface area contributed by atoms with E-state index in [-0.39, 0.29) is 18.4 Å². The fourth-order valence-electron chi connectivity index (χ4n) is 4.21. The number of amides is 2. The molecule has 2 fully saturated rings. The first-order valence-corrected chi connectivity index (χ1v) is 9.14. The average Bonchev–Trinajstić information content (AvgIpc) is 3.07. The van der Waals surface area contributed by atoms with E-state index in [2.05, 4.69) is 5.32 Å². The Hall–Kier alpha value is -2.08. The molecule has 6 nitrogen and oxygen atoms in total. The number of anilines is 1. The van der Waals surface area contributed by atoms with E-state index in [1.54, 1.807) is 11.8 Å². The van der Waals surface area contributed by atoms with Crippen LogP contribution in [-0.4, -0.2) is 55.5 Å². The Morgan fingerprint density at radius 3 is 2.76 bits per heavy atom. The van der Waals surface area contributed by atoms with Crippen LogP contribution in [0.5, 0.6) is 5.75 Å². The summed E-state index contributed by atoms with van der Waals surface area (Å²) < 4.78 is 5.64. The summed E-state index contributed by atoms with van der Waals surface area (Å²) in [6, 6.07) is 7.41. The molecular formula is C19H25N3O3. The van der Waals surface area contributed by atoms with Crippen LogP contribution in [0.4, 0.5) is 5.69 Å². The Balaban J connectivity index is 1.45. The van der Waals surface area contributed by atoms with Crippen LogP contribution in [0.3, 0.4) is 0 Å². The number of nitrogens with one attached hydrogen (secondary N) is 1. The minimum Gasteiger partial charge on any atom is -0.479 e. The molecule has 6 heteroatoms. The second-order valence-corrected chi connectivity index (χ2v) is 7.46. The van der Waals surface area contributed by atoms with Crippen molar-refractivity contribution >= 4 is 17.5 Å². The highest BCUT2D eigenvalue weighted by Crippen LogP contribution is 2.37. The zero-order valence-electron chi connectivity index (χ0n) is 14.7. The number of hydrogen-bond acceptors (Lipinski definition) is 4. The van der Waals surface area contributed by atoms with E-state index in [1.165, 1.54) is 6.42 Å². The van der Waals surface area contributed by atoms with E-state index in [0.29, 0.717) is 16.9 Å². The zero-order chi connectivity index (χ0) is 17.4. The standard InChI is InChI=1S/C19H25N3O3/c1-14-18(24)22(15-4-2-3-5-16(15)25-14)12-17(23)21-10-7-19(8-11-21)6-9-20-13-19/h2-5,14,20H,6-13H2,1H3. The zero-order valence-corrected chi connectivity index (χ0v) is 14.7. The van der Waals surface area contributed by atoms with Crippen LogP contribution in [-0.2, 0) is 9.59 Å². The average molecular weight is 343 g/mol. The smallest absolute Gasteiger partial charge is 0.268 e. The van der Waals surface area contributed by atoms with Gasteiger partial charge in [-0.3, -0.25) is 14.5 Å². The van der Waals surface area contributed by atoms with Gasteiger partial charge in [0.1, 0.15) is 12.3 Å². The van der Waals surface area contributed by atoms with Gasteiger partial charge in [-0.15, -0.1) is 0 Å². The van der Waals surface area contributed by atoms with Gasteiger partial charge in [0.25, 0.3) is 5.91 Å². The number of carbonyl (C=O) groups excluding carboxylic acids is 2. The monoisotopic (exact) mass is 343 g/mol. The van der Waals surface area contributed by atoms with Crippen molar-refractivity contribution in [1.29, 1.82) is 0 Å². The summed E-state index contributed by atoms with van der Waals surface area (Å²) in [5.74, 6) is 0.538. The van der Waals surface area contributed by atoms with Crippen LogP contribution in [0.15, 0.2) is 24.3 Å². The number of fused-ring (bicyclic) bond motifs is 1. The van der Waals surface area contributed by atoms with Gasteiger partial charge in [-0.05, 0) is 50.3 Å². The second-order valence-electron chi connectivity index (χ2n) is 7.46. The molecule has 0 aromatic heterocycles. The molecule has 0 aliphatic carbocycles. The number of hydrogen-bond donors (Lipinski definition) is 1. The van der Waals surface area contributed by atoms with Crippen LogP contribution in [0.25, 0.3) is 0 Å². The van der Waals surface area contributed by atoms with Crippen molar-refractivity contribution in [3.63, 3.8) is 0 Å². The summed E-state index contributed by atoms with van der Waals surface area (Å²) in [4.78, 5) is 28.8. The SMILES string of the molecule is CC1Oc2ccccc2N(CC(=O)N2CCC3(CCNC3)CC2)C1=O. The topological polar surface area (TPSA) is 61.9 Å². The Kier molecular flexibility index (Phi) is 4.15. The molecule has 3 heterocycles. The summed E-state index contributed by atoms with van der Waals surface area (Å²) in [6.45, 7) is 5.56. The van der Waals surface area contributed by atoms with Crippen molar-refractivity contribution in [3.8, 4) is 5.75 Å². The van der Waals surface area contributed by atoms with Gasteiger partial charge in [0, 0.05) is 19.6 Å². The predicted octanol–water partition coefficient (Wildman–Crippen LogP) is 1.40. The summed E-state index contributed by atoms with van der Waals surface area (Å²) >= 11 is 0. The first-order chi connectivity index (χ1) is 12.1. The molecule has 2 amide bonds. The van der Waals surface area contributed by atoms with Gasteiger partial charge >= 0.3 is 0 Å². The van der Waals surface area contributed by atoms with Crippen molar-refractivity contribution in [2.75, 3.05) is 37.6 Å². The van der Waals surface area contributed by atoms with Crippen LogP contribution in [0, 0.1) is 5.41 Å². The van der Waals surface area contributed by atoms with Crippen LogP contribution >= 0.6 is 0 Å². The van der Waals surface area contributed by atoms with Gasteiger partial charge in [-0.25, -0.2) is 0 Å². The van der Waals surface area contributed by atoms with Gasteiger partial charge in [0.05, 0.1) is 5.69 Å². The highest BCUT2D eigenvalue weighted by molar-refractivity contribution is 6.03. The normalized spacial score (nSPS) is 25.0. The molecule has 25 heavy (non-hydrogen) atoms. The first-order valence-electron chi connectivity index (χ1n) is 9.14. The van der Waals surface area contributed by atoms with Crippen molar-refractivity contribution in [2.45, 2.75) is 32.3 Å². The Bertz CT molecular complexity index is 674. The van der Waals surface area contributed by atoms with Crippen LogP contribution in [0.2, 0.25) is 0 Å². The lowest BCUT2D eigenvalue weighted by Crippen LogP contribution is -2.51.